The molecule has 3 aromatic rings. The predicted molar refractivity (Wildman–Crippen MR) is 145 cm³/mol. The molecule has 38 heavy (non-hydrogen) atoms. The summed E-state index contributed by atoms with van der Waals surface area (Å²) < 4.78 is 19.5. The van der Waals surface area contributed by atoms with Crippen molar-refractivity contribution >= 4 is 23.1 Å². The molecule has 1 aromatic carbocycles. The highest BCUT2D eigenvalue weighted by molar-refractivity contribution is 6.30. The van der Waals surface area contributed by atoms with Crippen molar-refractivity contribution in [3.8, 4) is 5.75 Å². The van der Waals surface area contributed by atoms with Gasteiger partial charge in [-0.25, -0.2) is 4.79 Å². The molecule has 2 aliphatic heterocycles. The topological polar surface area (TPSA) is 102 Å². The molecular formula is C27H32ClN5O5. The van der Waals surface area contributed by atoms with Gasteiger partial charge in [-0.2, -0.15) is 0 Å². The Morgan fingerprint density at radius 2 is 1.95 bits per heavy atom. The number of benzene rings is 1. The van der Waals surface area contributed by atoms with Gasteiger partial charge in [0.05, 0.1) is 12.8 Å². The van der Waals surface area contributed by atoms with Crippen molar-refractivity contribution in [3.05, 3.63) is 79.7 Å². The molecular weight excluding hydrogens is 510 g/mol. The van der Waals surface area contributed by atoms with Gasteiger partial charge in [-0.15, -0.1) is 0 Å². The van der Waals surface area contributed by atoms with Crippen LogP contribution >= 0.6 is 11.6 Å². The monoisotopic (exact) mass is 541 g/mol. The third kappa shape index (κ3) is 5.72. The number of aromatic nitrogens is 3. The first-order valence-electron chi connectivity index (χ1n) is 12.8. The molecule has 4 heterocycles. The van der Waals surface area contributed by atoms with E-state index in [0.29, 0.717) is 48.4 Å². The van der Waals surface area contributed by atoms with Gasteiger partial charge in [0, 0.05) is 37.5 Å². The highest BCUT2D eigenvalue weighted by Gasteiger charge is 2.41. The lowest BCUT2D eigenvalue weighted by atomic mass is 10.2. The largest absolute Gasteiger partial charge is 0.450 e. The summed E-state index contributed by atoms with van der Waals surface area (Å²) in [5, 5.41) is 0.623. The first-order chi connectivity index (χ1) is 18.4. The summed E-state index contributed by atoms with van der Waals surface area (Å²) in [6.07, 6.45) is 4.44. The van der Waals surface area contributed by atoms with E-state index in [1.54, 1.807) is 25.4 Å². The lowest BCUT2D eigenvalue weighted by molar-refractivity contribution is -0.162. The van der Waals surface area contributed by atoms with E-state index in [1.807, 2.05) is 41.0 Å². The Morgan fingerprint density at radius 3 is 2.66 bits per heavy atom. The Morgan fingerprint density at radius 1 is 1.13 bits per heavy atom. The third-order valence-corrected chi connectivity index (χ3v) is 6.99. The maximum atomic E-state index is 13.2. The molecule has 202 valence electrons. The number of nitrogens with zero attached hydrogens (tertiary/aromatic N) is 4. The molecule has 2 aromatic heterocycles. The summed E-state index contributed by atoms with van der Waals surface area (Å²) in [5.74, 6) is 1.04. The zero-order valence-corrected chi connectivity index (χ0v) is 22.3. The summed E-state index contributed by atoms with van der Waals surface area (Å²) >= 11 is 6.10. The Bertz CT molecular complexity index is 1350. The quantitative estimate of drug-likeness (QED) is 0.410. The Kier molecular flexibility index (Phi) is 8.01. The highest BCUT2D eigenvalue weighted by Crippen LogP contribution is 2.38. The number of hydrogen-bond donors (Lipinski definition) is 1. The molecule has 2 aliphatic rings. The molecule has 1 N–H and O–H groups in total. The zero-order valence-electron chi connectivity index (χ0n) is 21.6. The standard InChI is InChI=1S/C27H32ClN5O5/c1-18-7-12-21(16-29-18)38-27-32(13-5-15-37-22-6-3-4-14-36-22)25-23(24(34)30-26(35)31(25)2)33(27)17-19-8-10-20(28)11-9-19/h7-12,16,22,27H,3-6,13-15,17H2,1-2H3,(H,30,34,35). The van der Waals surface area contributed by atoms with Gasteiger partial charge in [0.15, 0.2) is 6.29 Å². The maximum absolute atomic E-state index is 13.2. The molecule has 0 spiro atoms. The van der Waals surface area contributed by atoms with Gasteiger partial charge in [0.2, 0.25) is 0 Å². The first kappa shape index (κ1) is 26.3. The average Bonchev–Trinajstić information content (AvgIpc) is 3.21. The number of H-pyrrole nitrogens is 1. The lowest BCUT2D eigenvalue weighted by Gasteiger charge is -2.33. The van der Waals surface area contributed by atoms with Gasteiger partial charge in [-0.05, 0) is 62.4 Å². The fourth-order valence-electron chi connectivity index (χ4n) is 4.79. The maximum Gasteiger partial charge on any atom is 0.329 e. The van der Waals surface area contributed by atoms with E-state index in [1.165, 1.54) is 4.57 Å². The average molecular weight is 542 g/mol. The van der Waals surface area contributed by atoms with Crippen molar-refractivity contribution in [2.24, 2.45) is 7.05 Å². The van der Waals surface area contributed by atoms with E-state index in [0.717, 1.165) is 37.1 Å². The fraction of sp³-hybridized carbons (Fsp3) is 0.444. The molecule has 0 saturated carbocycles. The summed E-state index contributed by atoms with van der Waals surface area (Å²) in [5.41, 5.74) is 1.20. The number of aryl methyl sites for hydroxylation is 1. The van der Waals surface area contributed by atoms with Crippen LogP contribution in [0.4, 0.5) is 11.5 Å². The number of anilines is 2. The number of pyridine rings is 1. The number of aromatic amines is 1. The Balaban J connectivity index is 1.47. The summed E-state index contributed by atoms with van der Waals surface area (Å²) in [7, 11) is 1.65. The van der Waals surface area contributed by atoms with E-state index < -0.39 is 17.6 Å². The predicted octanol–water partition coefficient (Wildman–Crippen LogP) is 3.55. The normalized spacial score (nSPS) is 19.0. The number of ether oxygens (including phenoxy) is 3. The van der Waals surface area contributed by atoms with Crippen LogP contribution in [0, 0.1) is 6.92 Å². The van der Waals surface area contributed by atoms with E-state index >= 15 is 0 Å². The molecule has 5 rings (SSSR count). The number of nitrogens with one attached hydrogen (secondary N) is 1. The minimum absolute atomic E-state index is 0.186. The fourth-order valence-corrected chi connectivity index (χ4v) is 4.92. The molecule has 1 fully saturated rings. The second kappa shape index (κ2) is 11.6. The van der Waals surface area contributed by atoms with E-state index in [-0.39, 0.29) is 6.29 Å². The van der Waals surface area contributed by atoms with Gasteiger partial charge in [-0.1, -0.05) is 23.7 Å². The molecule has 0 aliphatic carbocycles. The summed E-state index contributed by atoms with van der Waals surface area (Å²) in [4.78, 5) is 36.4. The van der Waals surface area contributed by atoms with Crippen molar-refractivity contribution in [1.29, 1.82) is 0 Å². The molecule has 0 bridgehead atoms. The highest BCUT2D eigenvalue weighted by atomic mass is 35.5. The van der Waals surface area contributed by atoms with Crippen molar-refractivity contribution in [2.75, 3.05) is 29.6 Å². The number of hydrogen-bond acceptors (Lipinski definition) is 8. The van der Waals surface area contributed by atoms with Crippen LogP contribution in [-0.4, -0.2) is 46.9 Å². The van der Waals surface area contributed by atoms with Gasteiger partial charge in [0.1, 0.15) is 17.3 Å². The minimum Gasteiger partial charge on any atom is -0.450 e. The number of fused-ring (bicyclic) bond motifs is 1. The van der Waals surface area contributed by atoms with Crippen molar-refractivity contribution < 1.29 is 14.2 Å². The van der Waals surface area contributed by atoms with Crippen LogP contribution in [0.25, 0.3) is 0 Å². The van der Waals surface area contributed by atoms with E-state index in [2.05, 4.69) is 9.97 Å². The smallest absolute Gasteiger partial charge is 0.329 e. The van der Waals surface area contributed by atoms with Crippen LogP contribution < -0.4 is 25.8 Å². The second-order valence-corrected chi connectivity index (χ2v) is 9.97. The second-order valence-electron chi connectivity index (χ2n) is 9.54. The Hall–Kier alpha value is -3.34. The summed E-state index contributed by atoms with van der Waals surface area (Å²) in [6.45, 7) is 3.94. The van der Waals surface area contributed by atoms with Crippen LogP contribution in [-0.2, 0) is 23.1 Å². The zero-order chi connectivity index (χ0) is 26.6. The van der Waals surface area contributed by atoms with Crippen LogP contribution in [0.5, 0.6) is 5.75 Å². The van der Waals surface area contributed by atoms with Gasteiger partial charge >= 0.3 is 5.69 Å². The molecule has 10 nitrogen and oxygen atoms in total. The van der Waals surface area contributed by atoms with Crippen molar-refractivity contribution in [2.45, 2.75) is 51.8 Å². The first-order valence-corrected chi connectivity index (χ1v) is 13.2. The SMILES string of the molecule is Cc1ccc(OC2N(Cc3ccc(Cl)cc3)c3c(n(C)c(=O)[nH]c3=O)N2CCCOC2CCCCO2)cn1. The molecule has 11 heteroatoms. The van der Waals surface area contributed by atoms with Gasteiger partial charge in [-0.3, -0.25) is 19.3 Å². The van der Waals surface area contributed by atoms with Crippen LogP contribution in [0.3, 0.4) is 0 Å². The molecule has 2 unspecified atom stereocenters. The molecule has 1 saturated heterocycles. The van der Waals surface area contributed by atoms with E-state index in [4.69, 9.17) is 25.8 Å². The van der Waals surface area contributed by atoms with Gasteiger partial charge < -0.3 is 24.0 Å². The number of halogens is 1. The van der Waals surface area contributed by atoms with Crippen molar-refractivity contribution in [3.63, 3.8) is 0 Å². The molecule has 2 atom stereocenters. The van der Waals surface area contributed by atoms with Crippen molar-refractivity contribution in [1.82, 2.24) is 14.5 Å². The Labute approximate surface area is 225 Å². The summed E-state index contributed by atoms with van der Waals surface area (Å²) in [6, 6.07) is 11.1. The van der Waals surface area contributed by atoms with E-state index in [9.17, 15) is 9.59 Å². The third-order valence-electron chi connectivity index (χ3n) is 6.74. The molecule has 0 radical (unpaired) electrons. The van der Waals surface area contributed by atoms with Crippen LogP contribution in [0.15, 0.2) is 52.2 Å². The molecule has 0 amide bonds. The lowest BCUT2D eigenvalue weighted by Crippen LogP contribution is -2.48. The van der Waals surface area contributed by atoms with Crippen LogP contribution in [0.1, 0.15) is 36.9 Å². The van der Waals surface area contributed by atoms with Crippen LogP contribution in [0.2, 0.25) is 5.02 Å². The minimum atomic E-state index is -0.704. The number of rotatable bonds is 9. The van der Waals surface area contributed by atoms with Gasteiger partial charge in [0.25, 0.3) is 11.9 Å².